The fraction of sp³-hybridized carbons (Fsp3) is 0.758. The first kappa shape index (κ1) is 31.5. The number of rotatable bonds is 7. The molecule has 0 aromatic heterocycles. The number of nitrogens with zero attached hydrogens (tertiary/aromatic N) is 2. The summed E-state index contributed by atoms with van der Waals surface area (Å²) < 4.78 is 0. The number of carbonyl (C=O) groups excluding carboxylic acids is 2. The maximum Gasteiger partial charge on any atom is 0.326 e. The summed E-state index contributed by atoms with van der Waals surface area (Å²) in [4.78, 5) is 44.0. The van der Waals surface area contributed by atoms with Crippen molar-refractivity contribution >= 4 is 23.5 Å². The molecule has 5 rings (SSSR count). The molecule has 0 unspecified atom stereocenters. The third kappa shape index (κ3) is 5.37. The highest BCUT2D eigenvalue weighted by atomic mass is 16.6. The molecule has 10 heteroatoms. The molecule has 3 saturated carbocycles. The topological polar surface area (TPSA) is 149 Å². The first-order valence-electron chi connectivity index (χ1n) is 15.8. The van der Waals surface area contributed by atoms with Crippen LogP contribution in [-0.4, -0.2) is 80.7 Å². The van der Waals surface area contributed by atoms with E-state index in [1.54, 1.807) is 13.8 Å². The van der Waals surface area contributed by atoms with E-state index < -0.39 is 41.6 Å². The van der Waals surface area contributed by atoms with Gasteiger partial charge in [-0.05, 0) is 86.5 Å². The number of carboxylic acids is 1. The summed E-state index contributed by atoms with van der Waals surface area (Å²) in [5.41, 5.74) is 1.03. The summed E-state index contributed by atoms with van der Waals surface area (Å²) in [6.07, 6.45) is 14.4. The highest BCUT2D eigenvalue weighted by Crippen LogP contribution is 2.67. The number of aliphatic hydroxyl groups excluding tert-OH is 1. The second-order valence-corrected chi connectivity index (χ2v) is 14.4. The molecule has 236 valence electrons. The molecular formula is C33H47N3O7. The van der Waals surface area contributed by atoms with E-state index in [0.717, 1.165) is 55.6 Å². The van der Waals surface area contributed by atoms with Crippen LogP contribution in [0, 0.1) is 46.8 Å². The van der Waals surface area contributed by atoms with Crippen molar-refractivity contribution < 1.29 is 34.5 Å². The Morgan fingerprint density at radius 2 is 1.88 bits per heavy atom. The second kappa shape index (κ2) is 11.6. The van der Waals surface area contributed by atoms with Crippen LogP contribution >= 0.6 is 0 Å². The van der Waals surface area contributed by atoms with Gasteiger partial charge in [0, 0.05) is 18.4 Å². The Balaban J connectivity index is 1.19. The molecule has 0 aromatic carbocycles. The van der Waals surface area contributed by atoms with Crippen molar-refractivity contribution in [3.63, 3.8) is 0 Å². The molecule has 0 spiro atoms. The third-order valence-corrected chi connectivity index (χ3v) is 11.8. The highest BCUT2D eigenvalue weighted by Gasteiger charge is 2.63. The van der Waals surface area contributed by atoms with Crippen LogP contribution in [0.5, 0.6) is 0 Å². The Bertz CT molecular complexity index is 1260. The summed E-state index contributed by atoms with van der Waals surface area (Å²) in [6, 6.07) is -2.07. The van der Waals surface area contributed by atoms with Gasteiger partial charge in [0.1, 0.15) is 17.7 Å². The molecular weight excluding hydrogens is 550 g/mol. The van der Waals surface area contributed by atoms with Crippen LogP contribution in [0.1, 0.15) is 85.5 Å². The standard InChI is InChI=1S/C33H47N3O7/c1-6-33(42)14-11-25-23-8-7-20-15-21(9-12-31(20,4)24(23)10-13-32(25,33)5)35-43-18-27(38)34-28(19(2)3)29(39)36-17-22(37)16-26(36)30(40)41/h1,15,19,22-26,28,37,42H,7-14,16-18H2,2-5H3,(H,34,38)(H,40,41)/b35-21-/t22-,23-,24+,25+,26-,28+,31+,32+,33-/m1/s1. The molecule has 1 aliphatic heterocycles. The van der Waals surface area contributed by atoms with E-state index in [9.17, 15) is 29.7 Å². The average Bonchev–Trinajstić information content (AvgIpc) is 3.48. The molecule has 4 aliphatic carbocycles. The van der Waals surface area contributed by atoms with Crippen LogP contribution < -0.4 is 5.32 Å². The SMILES string of the molecule is C#C[C@@]1(O)CC[C@H]2[C@@H]3CCC4=C/C(=N\OCC(=O)N[C@H](C(=O)N5C[C@H](O)C[C@@H]5C(=O)O)C(C)C)CC[C@]4(C)[C@H]3CC[C@@]21C. The number of allylic oxidation sites excluding steroid dienone is 2. The first-order valence-corrected chi connectivity index (χ1v) is 15.8. The number of aliphatic hydroxyl groups is 2. The molecule has 9 atom stereocenters. The average molecular weight is 598 g/mol. The Hall–Kier alpha value is -2.90. The number of likely N-dealkylation sites (tertiary alicyclic amines) is 1. The van der Waals surface area contributed by atoms with Crippen LogP contribution in [0.15, 0.2) is 16.8 Å². The summed E-state index contributed by atoms with van der Waals surface area (Å²) in [6.45, 7) is 7.66. The van der Waals surface area contributed by atoms with Gasteiger partial charge in [-0.1, -0.05) is 44.3 Å². The predicted molar refractivity (Wildman–Crippen MR) is 159 cm³/mol. The fourth-order valence-corrected chi connectivity index (χ4v) is 9.27. The fourth-order valence-electron chi connectivity index (χ4n) is 9.27. The Labute approximate surface area is 254 Å². The van der Waals surface area contributed by atoms with Gasteiger partial charge in [-0.25, -0.2) is 4.79 Å². The Morgan fingerprint density at radius 3 is 2.56 bits per heavy atom. The summed E-state index contributed by atoms with van der Waals surface area (Å²) in [7, 11) is 0. The minimum atomic E-state index is -1.18. The molecule has 5 aliphatic rings. The Morgan fingerprint density at radius 1 is 1.16 bits per heavy atom. The number of nitrogens with one attached hydrogen (secondary N) is 1. The van der Waals surface area contributed by atoms with E-state index in [2.05, 4.69) is 36.3 Å². The van der Waals surface area contributed by atoms with Gasteiger partial charge in [-0.2, -0.15) is 0 Å². The van der Waals surface area contributed by atoms with E-state index >= 15 is 0 Å². The zero-order valence-corrected chi connectivity index (χ0v) is 25.8. The van der Waals surface area contributed by atoms with Gasteiger partial charge in [0.15, 0.2) is 6.61 Å². The van der Waals surface area contributed by atoms with Crippen LogP contribution in [0.4, 0.5) is 0 Å². The summed E-state index contributed by atoms with van der Waals surface area (Å²) >= 11 is 0. The first-order chi connectivity index (χ1) is 20.2. The van der Waals surface area contributed by atoms with Gasteiger partial charge < -0.3 is 30.4 Å². The smallest absolute Gasteiger partial charge is 0.326 e. The van der Waals surface area contributed by atoms with Crippen LogP contribution in [0.2, 0.25) is 0 Å². The van der Waals surface area contributed by atoms with E-state index in [1.165, 1.54) is 5.57 Å². The number of terminal acetylenes is 1. The van der Waals surface area contributed by atoms with E-state index in [4.69, 9.17) is 11.3 Å². The molecule has 4 fully saturated rings. The van der Waals surface area contributed by atoms with Crippen molar-refractivity contribution in [3.8, 4) is 12.3 Å². The number of oxime groups is 1. The molecule has 0 aromatic rings. The number of hydrogen-bond acceptors (Lipinski definition) is 7. The van der Waals surface area contributed by atoms with E-state index in [0.29, 0.717) is 24.2 Å². The number of aliphatic carboxylic acids is 1. The number of amides is 2. The lowest BCUT2D eigenvalue weighted by molar-refractivity contribution is -0.150. The van der Waals surface area contributed by atoms with Crippen LogP contribution in [-0.2, 0) is 19.2 Å². The molecule has 43 heavy (non-hydrogen) atoms. The predicted octanol–water partition coefficient (Wildman–Crippen LogP) is 2.87. The van der Waals surface area contributed by atoms with Crippen molar-refractivity contribution in [1.29, 1.82) is 0 Å². The number of fused-ring (bicyclic) bond motifs is 5. The lowest BCUT2D eigenvalue weighted by Gasteiger charge is -2.58. The quantitative estimate of drug-likeness (QED) is 0.261. The lowest BCUT2D eigenvalue weighted by Crippen LogP contribution is -2.54. The van der Waals surface area contributed by atoms with E-state index in [-0.39, 0.29) is 36.3 Å². The zero-order valence-electron chi connectivity index (χ0n) is 25.8. The third-order valence-electron chi connectivity index (χ3n) is 11.8. The van der Waals surface area contributed by atoms with Crippen molar-refractivity contribution in [2.75, 3.05) is 13.2 Å². The Kier molecular flexibility index (Phi) is 8.47. The van der Waals surface area contributed by atoms with Crippen molar-refractivity contribution in [2.24, 2.45) is 39.7 Å². The van der Waals surface area contributed by atoms with Crippen molar-refractivity contribution in [3.05, 3.63) is 11.6 Å². The lowest BCUT2D eigenvalue weighted by atomic mass is 9.46. The van der Waals surface area contributed by atoms with Gasteiger partial charge in [-0.15, -0.1) is 6.42 Å². The number of carboxylic acid groups (broad SMARTS) is 1. The molecule has 10 nitrogen and oxygen atoms in total. The van der Waals surface area contributed by atoms with Gasteiger partial charge in [0.25, 0.3) is 5.91 Å². The molecule has 0 bridgehead atoms. The van der Waals surface area contributed by atoms with Crippen molar-refractivity contribution in [1.82, 2.24) is 10.2 Å². The van der Waals surface area contributed by atoms with E-state index in [1.807, 2.05) is 0 Å². The van der Waals surface area contributed by atoms with Crippen LogP contribution in [0.25, 0.3) is 0 Å². The monoisotopic (exact) mass is 597 g/mol. The summed E-state index contributed by atoms with van der Waals surface area (Å²) in [5, 5.41) is 37.6. The largest absolute Gasteiger partial charge is 0.480 e. The minimum Gasteiger partial charge on any atom is -0.480 e. The number of carbonyl (C=O) groups is 3. The molecule has 2 amide bonds. The minimum absolute atomic E-state index is 0.0362. The van der Waals surface area contributed by atoms with Gasteiger partial charge >= 0.3 is 5.97 Å². The molecule has 1 saturated heterocycles. The maximum atomic E-state index is 13.1. The normalized spacial score (nSPS) is 40.1. The maximum absolute atomic E-state index is 13.1. The van der Waals surface area contributed by atoms with Crippen molar-refractivity contribution in [2.45, 2.75) is 109 Å². The molecule has 1 heterocycles. The summed E-state index contributed by atoms with van der Waals surface area (Å²) in [5.74, 6) is 1.75. The number of hydrogen-bond donors (Lipinski definition) is 4. The molecule has 4 N–H and O–H groups in total. The van der Waals surface area contributed by atoms with Gasteiger partial charge in [0.2, 0.25) is 5.91 Å². The van der Waals surface area contributed by atoms with Gasteiger partial charge in [-0.3, -0.25) is 9.59 Å². The molecule has 0 radical (unpaired) electrons. The van der Waals surface area contributed by atoms with Crippen LogP contribution in [0.3, 0.4) is 0 Å². The zero-order chi connectivity index (χ0) is 31.3. The number of β-amino-alcohol motifs (C(OH)–C–C–N with tert-alkyl or cyclic N) is 1. The second-order valence-electron chi connectivity index (χ2n) is 14.4. The van der Waals surface area contributed by atoms with Gasteiger partial charge in [0.05, 0.1) is 11.8 Å². The highest BCUT2D eigenvalue weighted by molar-refractivity contribution is 5.96.